The normalized spacial score (nSPS) is 10.4. The molecule has 0 atom stereocenters. The van der Waals surface area contributed by atoms with Gasteiger partial charge in [-0.15, -0.1) is 12.4 Å². The Hall–Kier alpha value is -2.56. The second-order valence-corrected chi connectivity index (χ2v) is 5.74. The lowest BCUT2D eigenvalue weighted by Gasteiger charge is -2.07. The number of fused-ring (bicyclic) bond motifs is 1. The van der Waals surface area contributed by atoms with Crippen LogP contribution in [0.3, 0.4) is 0 Å². The van der Waals surface area contributed by atoms with Gasteiger partial charge < -0.3 is 15.5 Å². The highest BCUT2D eigenvalue weighted by Crippen LogP contribution is 2.30. The Labute approximate surface area is 152 Å². The van der Waals surface area contributed by atoms with Crippen molar-refractivity contribution in [3.63, 3.8) is 0 Å². The molecule has 0 fully saturated rings. The lowest BCUT2D eigenvalue weighted by Crippen LogP contribution is -2.25. The summed E-state index contributed by atoms with van der Waals surface area (Å²) < 4.78 is 0. The maximum Gasteiger partial charge on any atom is 0.176 e. The molecule has 3 aromatic rings. The number of Topliss-reactive ketones (excluding diaryl/α,β-unsaturated/α-hetero) is 1. The Morgan fingerprint density at radius 3 is 2.28 bits per heavy atom. The molecule has 3 N–H and O–H groups in total. The van der Waals surface area contributed by atoms with Gasteiger partial charge in [0.25, 0.3) is 0 Å². The van der Waals surface area contributed by atoms with Crippen molar-refractivity contribution in [2.75, 3.05) is 13.1 Å². The minimum atomic E-state index is -0.187. The molecular formula is C20H20ClNO3. The number of nitrogens with one attached hydrogen (secondary N) is 1. The Morgan fingerprint density at radius 1 is 0.880 bits per heavy atom. The van der Waals surface area contributed by atoms with E-state index in [1.54, 1.807) is 18.2 Å². The van der Waals surface area contributed by atoms with E-state index in [1.165, 1.54) is 17.7 Å². The molecule has 3 aromatic carbocycles. The number of rotatable bonds is 6. The zero-order valence-corrected chi connectivity index (χ0v) is 14.4. The standard InChI is InChI=1S/C20H19NO3.ClH/c22-18-11-15-6-7-16(10-17(15)12-19(18)23)20(24)13-21-9-8-14-4-2-1-3-5-14;/h1-7,10-12,21-23H,8-9,13H2;1H. The average Bonchev–Trinajstić information content (AvgIpc) is 2.60. The third-order valence-corrected chi connectivity index (χ3v) is 3.97. The number of phenolic OH excluding ortho intramolecular Hbond substituents is 2. The number of ketones is 1. The second kappa shape index (κ2) is 8.51. The molecule has 0 aromatic heterocycles. The molecule has 25 heavy (non-hydrogen) atoms. The number of benzene rings is 3. The first-order valence-corrected chi connectivity index (χ1v) is 7.87. The summed E-state index contributed by atoms with van der Waals surface area (Å²) in [6, 6.07) is 18.3. The zero-order chi connectivity index (χ0) is 16.9. The van der Waals surface area contributed by atoms with E-state index >= 15 is 0 Å². The molecule has 0 spiro atoms. The van der Waals surface area contributed by atoms with Gasteiger partial charge in [0, 0.05) is 5.56 Å². The monoisotopic (exact) mass is 357 g/mol. The van der Waals surface area contributed by atoms with Gasteiger partial charge in [-0.3, -0.25) is 4.79 Å². The molecule has 0 saturated heterocycles. The molecule has 0 heterocycles. The van der Waals surface area contributed by atoms with Crippen molar-refractivity contribution in [1.29, 1.82) is 0 Å². The van der Waals surface area contributed by atoms with Gasteiger partial charge in [0.05, 0.1) is 6.54 Å². The van der Waals surface area contributed by atoms with E-state index < -0.39 is 0 Å². The zero-order valence-electron chi connectivity index (χ0n) is 13.6. The first-order valence-electron chi connectivity index (χ1n) is 7.87. The van der Waals surface area contributed by atoms with Gasteiger partial charge >= 0.3 is 0 Å². The minimum absolute atomic E-state index is 0. The Kier molecular flexibility index (Phi) is 6.39. The molecule has 0 unspecified atom stereocenters. The van der Waals surface area contributed by atoms with Crippen LogP contribution in [0.15, 0.2) is 60.7 Å². The number of aromatic hydroxyl groups is 2. The number of halogens is 1. The van der Waals surface area contributed by atoms with Crippen LogP contribution < -0.4 is 5.32 Å². The maximum absolute atomic E-state index is 12.3. The predicted molar refractivity (Wildman–Crippen MR) is 102 cm³/mol. The minimum Gasteiger partial charge on any atom is -0.504 e. The molecule has 5 heteroatoms. The van der Waals surface area contributed by atoms with Gasteiger partial charge in [-0.1, -0.05) is 42.5 Å². The smallest absolute Gasteiger partial charge is 0.176 e. The molecule has 0 aliphatic carbocycles. The highest BCUT2D eigenvalue weighted by atomic mass is 35.5. The van der Waals surface area contributed by atoms with E-state index in [2.05, 4.69) is 17.4 Å². The van der Waals surface area contributed by atoms with Crippen LogP contribution in [0.5, 0.6) is 11.5 Å². The van der Waals surface area contributed by atoms with E-state index in [4.69, 9.17) is 0 Å². The Bertz CT molecular complexity index is 865. The molecule has 0 aliphatic heterocycles. The maximum atomic E-state index is 12.3. The van der Waals surface area contributed by atoms with Crippen molar-refractivity contribution >= 4 is 29.0 Å². The summed E-state index contributed by atoms with van der Waals surface area (Å²) >= 11 is 0. The van der Waals surface area contributed by atoms with Crippen LogP contribution in [-0.2, 0) is 6.42 Å². The van der Waals surface area contributed by atoms with Crippen molar-refractivity contribution in [1.82, 2.24) is 5.32 Å². The van der Waals surface area contributed by atoms with E-state index in [9.17, 15) is 15.0 Å². The third kappa shape index (κ3) is 4.72. The molecule has 3 rings (SSSR count). The van der Waals surface area contributed by atoms with Gasteiger partial charge in [-0.2, -0.15) is 0 Å². The fourth-order valence-corrected chi connectivity index (χ4v) is 2.63. The fourth-order valence-electron chi connectivity index (χ4n) is 2.63. The molecule has 0 bridgehead atoms. The number of hydrogen-bond donors (Lipinski definition) is 3. The van der Waals surface area contributed by atoms with Crippen LogP contribution in [0.25, 0.3) is 10.8 Å². The molecule has 0 radical (unpaired) electrons. The summed E-state index contributed by atoms with van der Waals surface area (Å²) in [4.78, 5) is 12.3. The first-order chi connectivity index (χ1) is 11.6. The van der Waals surface area contributed by atoms with E-state index in [-0.39, 0.29) is 36.2 Å². The van der Waals surface area contributed by atoms with Crippen molar-refractivity contribution in [2.45, 2.75) is 6.42 Å². The van der Waals surface area contributed by atoms with E-state index in [0.717, 1.165) is 23.7 Å². The van der Waals surface area contributed by atoms with Crippen LogP contribution in [0.4, 0.5) is 0 Å². The molecule has 0 amide bonds. The highest BCUT2D eigenvalue weighted by molar-refractivity contribution is 6.01. The Balaban J connectivity index is 0.00000225. The number of carbonyl (C=O) groups excluding carboxylic acids is 1. The van der Waals surface area contributed by atoms with Crippen LogP contribution in [0, 0.1) is 0 Å². The SMILES string of the molecule is Cl.O=C(CNCCc1ccccc1)c1ccc2cc(O)c(O)cc2c1. The number of phenols is 2. The van der Waals surface area contributed by atoms with Crippen molar-refractivity contribution < 1.29 is 15.0 Å². The van der Waals surface area contributed by atoms with E-state index in [1.807, 2.05) is 18.2 Å². The number of hydrogen-bond acceptors (Lipinski definition) is 4. The van der Waals surface area contributed by atoms with Gasteiger partial charge in [-0.25, -0.2) is 0 Å². The second-order valence-electron chi connectivity index (χ2n) is 5.74. The largest absolute Gasteiger partial charge is 0.504 e. The van der Waals surface area contributed by atoms with Crippen LogP contribution in [-0.4, -0.2) is 29.1 Å². The van der Waals surface area contributed by atoms with Gasteiger partial charge in [0.1, 0.15) is 0 Å². The molecule has 130 valence electrons. The van der Waals surface area contributed by atoms with Gasteiger partial charge in [0.2, 0.25) is 0 Å². The summed E-state index contributed by atoms with van der Waals surface area (Å²) in [5.41, 5.74) is 1.82. The Morgan fingerprint density at radius 2 is 1.56 bits per heavy atom. The topological polar surface area (TPSA) is 69.6 Å². The summed E-state index contributed by atoms with van der Waals surface area (Å²) in [7, 11) is 0. The van der Waals surface area contributed by atoms with Gasteiger partial charge in [-0.05, 0) is 47.5 Å². The molecule has 0 saturated carbocycles. The third-order valence-electron chi connectivity index (χ3n) is 3.97. The van der Waals surface area contributed by atoms with Gasteiger partial charge in [0.15, 0.2) is 17.3 Å². The summed E-state index contributed by atoms with van der Waals surface area (Å²) in [5.74, 6) is -0.352. The predicted octanol–water partition coefficient (Wildman–Crippen LogP) is 3.69. The number of carbonyl (C=O) groups is 1. The van der Waals surface area contributed by atoms with Crippen LogP contribution in [0.2, 0.25) is 0 Å². The lowest BCUT2D eigenvalue weighted by atomic mass is 10.0. The first kappa shape index (κ1) is 18.8. The summed E-state index contributed by atoms with van der Waals surface area (Å²) in [5, 5.41) is 23.7. The lowest BCUT2D eigenvalue weighted by molar-refractivity contribution is 0.0991. The molecular weight excluding hydrogens is 338 g/mol. The average molecular weight is 358 g/mol. The fraction of sp³-hybridized carbons (Fsp3) is 0.150. The quantitative estimate of drug-likeness (QED) is 0.357. The van der Waals surface area contributed by atoms with Crippen molar-refractivity contribution in [3.05, 3.63) is 71.8 Å². The highest BCUT2D eigenvalue weighted by Gasteiger charge is 2.08. The van der Waals surface area contributed by atoms with Crippen molar-refractivity contribution in [3.8, 4) is 11.5 Å². The summed E-state index contributed by atoms with van der Waals surface area (Å²) in [6.07, 6.45) is 0.874. The van der Waals surface area contributed by atoms with E-state index in [0.29, 0.717) is 5.56 Å². The van der Waals surface area contributed by atoms with Crippen molar-refractivity contribution in [2.24, 2.45) is 0 Å². The van der Waals surface area contributed by atoms with Crippen LogP contribution >= 0.6 is 12.4 Å². The molecule has 4 nitrogen and oxygen atoms in total. The molecule has 0 aliphatic rings. The van der Waals surface area contributed by atoms with Crippen LogP contribution in [0.1, 0.15) is 15.9 Å². The summed E-state index contributed by atoms with van der Waals surface area (Å²) in [6.45, 7) is 1.00.